The number of carbonyl (C=O) groups excluding carboxylic acids is 1. The normalized spacial score (nSPS) is 12.2. The molecule has 0 aromatic heterocycles. The molecule has 0 atom stereocenters. The van der Waals surface area contributed by atoms with Crippen LogP contribution in [0.15, 0.2) is 0 Å². The van der Waals surface area contributed by atoms with Crippen LogP contribution in [-0.4, -0.2) is 37.5 Å². The van der Waals surface area contributed by atoms with Gasteiger partial charge in [0.1, 0.15) is 0 Å². The monoisotopic (exact) mass is 274 g/mol. The molecule has 0 heterocycles. The Hall–Kier alpha value is -0.960. The predicted octanol–water partition coefficient (Wildman–Crippen LogP) is 1.04. The second kappa shape index (κ2) is 6.70. The molecule has 0 aliphatic carbocycles. The highest BCUT2D eigenvalue weighted by Gasteiger charge is 2.39. The van der Waals surface area contributed by atoms with Crippen LogP contribution in [0.2, 0.25) is 0 Å². The Morgan fingerprint density at radius 2 is 2.00 bits per heavy atom. The first-order chi connectivity index (χ1) is 7.70. The number of hydrogen-bond acceptors (Lipinski definition) is 5. The number of nitrogens with one attached hydrogen (secondary N) is 1. The highest BCUT2D eigenvalue weighted by molar-refractivity contribution is 7.86. The van der Waals surface area contributed by atoms with E-state index in [1.807, 2.05) is 6.92 Å². The lowest BCUT2D eigenvalue weighted by Gasteiger charge is -2.19. The van der Waals surface area contributed by atoms with Crippen LogP contribution in [0.25, 0.3) is 0 Å². The van der Waals surface area contributed by atoms with Gasteiger partial charge in [-0.25, -0.2) is 13.2 Å². The summed E-state index contributed by atoms with van der Waals surface area (Å²) in [4.78, 5) is 10.8. The molecule has 1 amide bonds. The Morgan fingerprint density at radius 1 is 1.41 bits per heavy atom. The third-order valence-electron chi connectivity index (χ3n) is 1.79. The van der Waals surface area contributed by atoms with Crippen molar-refractivity contribution in [2.24, 2.45) is 0 Å². The lowest BCUT2D eigenvalue weighted by molar-refractivity contribution is 0.00672. The van der Waals surface area contributed by atoms with Crippen molar-refractivity contribution in [1.82, 2.24) is 5.32 Å². The van der Waals surface area contributed by atoms with Crippen molar-refractivity contribution in [3.63, 3.8) is 0 Å². The van der Waals surface area contributed by atoms with Gasteiger partial charge in [0.15, 0.2) is 16.7 Å². The van der Waals surface area contributed by atoms with Crippen molar-refractivity contribution >= 4 is 16.2 Å². The van der Waals surface area contributed by atoms with Crippen LogP contribution in [0.3, 0.4) is 0 Å². The number of rotatable bonds is 7. The van der Waals surface area contributed by atoms with Gasteiger partial charge in [0.05, 0.1) is 0 Å². The van der Waals surface area contributed by atoms with E-state index in [9.17, 15) is 26.5 Å². The van der Waals surface area contributed by atoms with E-state index >= 15 is 0 Å². The predicted molar refractivity (Wildman–Crippen MR) is 53.5 cm³/mol. The van der Waals surface area contributed by atoms with Gasteiger partial charge in [-0.1, -0.05) is 19.8 Å². The maximum atomic E-state index is 12.5. The molecule has 17 heavy (non-hydrogen) atoms. The molecule has 1 N–H and O–H groups in total. The Labute approximate surface area is 98.1 Å². The smallest absolute Gasteiger partial charge is 0.407 e. The molecular weight excluding hydrogens is 260 g/mol. The molecule has 6 nitrogen and oxygen atoms in total. The minimum atomic E-state index is -5.82. The fraction of sp³-hybridized carbons (Fsp3) is 0.875. The van der Waals surface area contributed by atoms with Crippen molar-refractivity contribution in [3.8, 4) is 0 Å². The first-order valence-electron chi connectivity index (χ1n) is 4.94. The number of ether oxygens (including phenoxy) is 1. The largest absolute Gasteiger partial charge is 0.743 e. The fourth-order valence-corrected chi connectivity index (χ4v) is 1.04. The molecule has 0 radical (unpaired) electrons. The second-order valence-electron chi connectivity index (χ2n) is 3.30. The number of hydrogen-bond donors (Lipinski definition) is 1. The number of halogens is 2. The fourth-order valence-electron chi connectivity index (χ4n) is 0.838. The quantitative estimate of drug-likeness (QED) is 0.552. The SMILES string of the molecule is CCCCCNC(=O)OCC(F)(F)S(=O)(=O)[O-]. The van der Waals surface area contributed by atoms with Gasteiger partial charge < -0.3 is 14.6 Å². The first-order valence-corrected chi connectivity index (χ1v) is 6.35. The van der Waals surface area contributed by atoms with Crippen molar-refractivity contribution < 1.29 is 31.3 Å². The summed E-state index contributed by atoms with van der Waals surface area (Å²) in [6, 6.07) is 0. The molecule has 9 heteroatoms. The van der Waals surface area contributed by atoms with Crippen LogP contribution in [0.4, 0.5) is 13.6 Å². The summed E-state index contributed by atoms with van der Waals surface area (Å²) in [5.41, 5.74) is 0. The molecule has 0 saturated heterocycles. The van der Waals surface area contributed by atoms with Gasteiger partial charge in [-0.2, -0.15) is 8.78 Å². The van der Waals surface area contributed by atoms with Gasteiger partial charge in [0.25, 0.3) is 0 Å². The Balaban J connectivity index is 3.92. The van der Waals surface area contributed by atoms with Crippen LogP contribution < -0.4 is 5.32 Å². The van der Waals surface area contributed by atoms with Gasteiger partial charge >= 0.3 is 11.3 Å². The molecule has 0 bridgehead atoms. The summed E-state index contributed by atoms with van der Waals surface area (Å²) in [7, 11) is -5.82. The molecule has 102 valence electrons. The van der Waals surface area contributed by atoms with E-state index < -0.39 is 28.1 Å². The summed E-state index contributed by atoms with van der Waals surface area (Å²) in [5, 5.41) is -2.45. The zero-order valence-electron chi connectivity index (χ0n) is 9.24. The first kappa shape index (κ1) is 16.0. The van der Waals surface area contributed by atoms with E-state index in [1.165, 1.54) is 0 Å². The molecular formula is C8H14F2NO5S-. The highest BCUT2D eigenvalue weighted by Crippen LogP contribution is 2.20. The molecule has 0 aliphatic rings. The standard InChI is InChI=1S/C8H15F2NO5S/c1-2-3-4-5-11-7(12)16-6-8(9,10)17(13,14)15/h2-6H2,1H3,(H,11,12)(H,13,14,15)/p-1. The average Bonchev–Trinajstić information content (AvgIpc) is 2.20. The summed E-state index contributed by atoms with van der Waals surface area (Å²) in [5.74, 6) is 0. The number of alkyl carbamates (subject to hydrolysis) is 1. The Morgan fingerprint density at radius 3 is 2.47 bits per heavy atom. The molecule has 0 aliphatic heterocycles. The van der Waals surface area contributed by atoms with E-state index in [1.54, 1.807) is 0 Å². The zero-order valence-corrected chi connectivity index (χ0v) is 10.1. The summed E-state index contributed by atoms with van der Waals surface area (Å²) < 4.78 is 59.1. The molecule has 0 aromatic carbocycles. The average molecular weight is 274 g/mol. The number of unbranched alkanes of at least 4 members (excludes halogenated alkanes) is 2. The number of alkyl halides is 2. The number of carbonyl (C=O) groups is 1. The maximum absolute atomic E-state index is 12.5. The minimum absolute atomic E-state index is 0.238. The zero-order chi connectivity index (χ0) is 13.5. The van der Waals surface area contributed by atoms with Gasteiger partial charge in [0, 0.05) is 6.54 Å². The van der Waals surface area contributed by atoms with Crippen LogP contribution >= 0.6 is 0 Å². The second-order valence-corrected chi connectivity index (χ2v) is 4.81. The molecule has 0 aromatic rings. The summed E-state index contributed by atoms with van der Waals surface area (Å²) in [6.45, 7) is 0.402. The van der Waals surface area contributed by atoms with E-state index in [0.717, 1.165) is 12.8 Å². The van der Waals surface area contributed by atoms with E-state index in [4.69, 9.17) is 0 Å². The van der Waals surface area contributed by atoms with Gasteiger partial charge in [-0.05, 0) is 6.42 Å². The summed E-state index contributed by atoms with van der Waals surface area (Å²) >= 11 is 0. The number of amides is 1. The molecule has 0 saturated carbocycles. The highest BCUT2D eigenvalue weighted by atomic mass is 32.2. The lowest BCUT2D eigenvalue weighted by Crippen LogP contribution is -2.37. The van der Waals surface area contributed by atoms with E-state index in [0.29, 0.717) is 6.42 Å². The third kappa shape index (κ3) is 6.37. The van der Waals surface area contributed by atoms with Gasteiger partial charge in [0.2, 0.25) is 0 Å². The van der Waals surface area contributed by atoms with Crippen LogP contribution in [-0.2, 0) is 14.9 Å². The topological polar surface area (TPSA) is 95.5 Å². The van der Waals surface area contributed by atoms with Crippen LogP contribution in [0.5, 0.6) is 0 Å². The van der Waals surface area contributed by atoms with Crippen LogP contribution in [0, 0.1) is 0 Å². The lowest BCUT2D eigenvalue weighted by atomic mass is 10.2. The Bertz CT molecular complexity index is 344. The van der Waals surface area contributed by atoms with Crippen molar-refractivity contribution in [2.45, 2.75) is 31.4 Å². The molecule has 0 fully saturated rings. The van der Waals surface area contributed by atoms with E-state index in [2.05, 4.69) is 10.1 Å². The van der Waals surface area contributed by atoms with Crippen molar-refractivity contribution in [3.05, 3.63) is 0 Å². The van der Waals surface area contributed by atoms with Gasteiger partial charge in [-0.3, -0.25) is 0 Å². The Kier molecular flexibility index (Phi) is 6.32. The van der Waals surface area contributed by atoms with Crippen molar-refractivity contribution in [2.75, 3.05) is 13.2 Å². The third-order valence-corrected chi connectivity index (χ3v) is 2.64. The molecule has 0 unspecified atom stereocenters. The molecule has 0 rings (SSSR count). The van der Waals surface area contributed by atoms with Crippen LogP contribution in [0.1, 0.15) is 26.2 Å². The molecule has 0 spiro atoms. The maximum Gasteiger partial charge on any atom is 0.407 e. The summed E-state index contributed by atoms with van der Waals surface area (Å²) in [6.07, 6.45) is 1.25. The van der Waals surface area contributed by atoms with E-state index in [-0.39, 0.29) is 6.54 Å². The minimum Gasteiger partial charge on any atom is -0.743 e. The van der Waals surface area contributed by atoms with Gasteiger partial charge in [-0.15, -0.1) is 0 Å². The van der Waals surface area contributed by atoms with Crippen molar-refractivity contribution in [1.29, 1.82) is 0 Å².